The number of nitrogens with zero attached hydrogens (tertiary/aromatic N) is 2. The summed E-state index contributed by atoms with van der Waals surface area (Å²) in [6.45, 7) is 5.98. The van der Waals surface area contributed by atoms with Crippen molar-refractivity contribution in [2.45, 2.75) is 26.3 Å². The van der Waals surface area contributed by atoms with Gasteiger partial charge in [0.05, 0.1) is 22.7 Å². The molecule has 4 rings (SSSR count). The third-order valence-electron chi connectivity index (χ3n) is 5.28. The number of ether oxygens (including phenoxy) is 1. The predicted molar refractivity (Wildman–Crippen MR) is 126 cm³/mol. The summed E-state index contributed by atoms with van der Waals surface area (Å²) in [5, 5.41) is 0. The normalized spacial score (nSPS) is 12.0. The summed E-state index contributed by atoms with van der Waals surface area (Å²) in [6.07, 6.45) is 0. The Labute approximate surface area is 186 Å². The first kappa shape index (κ1) is 21.2. The van der Waals surface area contributed by atoms with Gasteiger partial charge in [-0.05, 0) is 36.6 Å². The van der Waals surface area contributed by atoms with Gasteiger partial charge in [0.2, 0.25) is 0 Å². The first-order valence-corrected chi connectivity index (χ1v) is 11.4. The third-order valence-corrected chi connectivity index (χ3v) is 6.33. The molecule has 0 atom stereocenters. The highest BCUT2D eigenvalue weighted by atomic mass is 32.1. The number of benzene rings is 3. The van der Waals surface area contributed by atoms with E-state index in [2.05, 4.69) is 28.6 Å². The van der Waals surface area contributed by atoms with Crippen molar-refractivity contribution in [1.29, 1.82) is 0 Å². The van der Waals surface area contributed by atoms with Crippen molar-refractivity contribution in [2.75, 3.05) is 13.2 Å². The molecule has 0 bridgehead atoms. The summed E-state index contributed by atoms with van der Waals surface area (Å²) in [5.74, 6) is -0.596. The van der Waals surface area contributed by atoms with E-state index in [1.165, 1.54) is 5.56 Å². The Hall–Kier alpha value is -3.02. The molecule has 0 spiro atoms. The molecule has 1 heterocycles. The third kappa shape index (κ3) is 4.68. The number of carbonyl (C=O) groups excluding carboxylic acids is 1. The summed E-state index contributed by atoms with van der Waals surface area (Å²) in [5.41, 5.74) is 4.18. The first-order chi connectivity index (χ1) is 15.2. The number of aromatic nitrogens is 1. The second kappa shape index (κ2) is 9.86. The van der Waals surface area contributed by atoms with Crippen LogP contribution in [0.5, 0.6) is 0 Å². The fraction of sp³-hybridized carbons (Fsp3) is 0.231. The van der Waals surface area contributed by atoms with Crippen molar-refractivity contribution in [3.05, 3.63) is 100 Å². The minimum Gasteiger partial charge on any atom is -0.380 e. The van der Waals surface area contributed by atoms with E-state index in [1.807, 2.05) is 73.7 Å². The molecule has 5 heteroatoms. The van der Waals surface area contributed by atoms with Gasteiger partial charge in [-0.25, -0.2) is 0 Å². The summed E-state index contributed by atoms with van der Waals surface area (Å²) in [4.78, 5) is 18.9. The Kier molecular flexibility index (Phi) is 6.75. The second-order valence-electron chi connectivity index (χ2n) is 7.36. The van der Waals surface area contributed by atoms with E-state index in [0.717, 1.165) is 21.3 Å². The zero-order valence-corrected chi connectivity index (χ0v) is 18.6. The molecular weight excluding hydrogens is 404 g/mol. The van der Waals surface area contributed by atoms with Crippen LogP contribution in [0.1, 0.15) is 29.5 Å². The molecule has 0 saturated carbocycles. The minimum atomic E-state index is -0.436. The highest BCUT2D eigenvalue weighted by Gasteiger charge is 2.22. The molecule has 1 aromatic heterocycles. The lowest BCUT2D eigenvalue weighted by atomic mass is 9.91. The summed E-state index contributed by atoms with van der Waals surface area (Å²) in [7, 11) is 0. The molecule has 0 unspecified atom stereocenters. The molecule has 158 valence electrons. The fourth-order valence-corrected chi connectivity index (χ4v) is 4.97. The van der Waals surface area contributed by atoms with Gasteiger partial charge in [0.1, 0.15) is 0 Å². The van der Waals surface area contributed by atoms with Gasteiger partial charge in [-0.2, -0.15) is 4.99 Å². The maximum Gasteiger partial charge on any atom is 0.260 e. The molecule has 3 aromatic carbocycles. The van der Waals surface area contributed by atoms with Crippen molar-refractivity contribution >= 4 is 27.5 Å². The van der Waals surface area contributed by atoms with Crippen LogP contribution in [0.4, 0.5) is 0 Å². The Bertz CT molecular complexity index is 1190. The molecular formula is C26H26N2O2S. The topological polar surface area (TPSA) is 43.6 Å². The van der Waals surface area contributed by atoms with Crippen molar-refractivity contribution in [3.8, 4) is 0 Å². The number of fused-ring (bicyclic) bond motifs is 1. The molecule has 0 saturated heterocycles. The SMILES string of the molecule is CCOCCn1c(=NC(=O)C(c2ccccc2)c2ccccc2)sc2cccc(C)c21. The number of rotatable bonds is 7. The standard InChI is InChI=1S/C26H26N2O2S/c1-3-30-18-17-28-24-19(2)11-10-16-22(24)31-26(28)27-25(29)23(20-12-6-4-7-13-20)21-14-8-5-9-15-21/h4-16,23H,3,17-18H2,1-2H3. The molecule has 0 fully saturated rings. The number of carbonyl (C=O) groups is 1. The second-order valence-corrected chi connectivity index (χ2v) is 8.37. The number of thiazole rings is 1. The molecule has 0 aliphatic carbocycles. The molecule has 4 aromatic rings. The van der Waals surface area contributed by atoms with E-state index in [1.54, 1.807) is 11.3 Å². The smallest absolute Gasteiger partial charge is 0.260 e. The quantitative estimate of drug-likeness (QED) is 0.373. The number of aryl methyl sites for hydroxylation is 1. The number of para-hydroxylation sites is 1. The minimum absolute atomic E-state index is 0.160. The van der Waals surface area contributed by atoms with Crippen LogP contribution >= 0.6 is 11.3 Å². The van der Waals surface area contributed by atoms with Crippen LogP contribution in [0.25, 0.3) is 10.2 Å². The zero-order chi connectivity index (χ0) is 21.6. The van der Waals surface area contributed by atoms with Crippen molar-refractivity contribution < 1.29 is 9.53 Å². The molecule has 0 N–H and O–H groups in total. The summed E-state index contributed by atoms with van der Waals surface area (Å²) >= 11 is 1.55. The average molecular weight is 431 g/mol. The van der Waals surface area contributed by atoms with Gasteiger partial charge in [-0.3, -0.25) is 4.79 Å². The van der Waals surface area contributed by atoms with Gasteiger partial charge in [-0.15, -0.1) is 0 Å². The van der Waals surface area contributed by atoms with Gasteiger partial charge in [0.15, 0.2) is 4.80 Å². The van der Waals surface area contributed by atoms with Crippen LogP contribution < -0.4 is 4.80 Å². The maximum atomic E-state index is 13.6. The van der Waals surface area contributed by atoms with E-state index in [0.29, 0.717) is 24.6 Å². The van der Waals surface area contributed by atoms with Crippen molar-refractivity contribution in [3.63, 3.8) is 0 Å². The average Bonchev–Trinajstić information content (AvgIpc) is 3.14. The predicted octanol–water partition coefficient (Wildman–Crippen LogP) is 5.31. The van der Waals surface area contributed by atoms with Crippen LogP contribution in [-0.4, -0.2) is 23.7 Å². The Morgan fingerprint density at radius 3 is 2.23 bits per heavy atom. The first-order valence-electron chi connectivity index (χ1n) is 10.5. The van der Waals surface area contributed by atoms with Gasteiger partial charge in [0, 0.05) is 13.2 Å². The highest BCUT2D eigenvalue weighted by molar-refractivity contribution is 7.16. The van der Waals surface area contributed by atoms with Crippen LogP contribution in [0.15, 0.2) is 83.9 Å². The van der Waals surface area contributed by atoms with E-state index >= 15 is 0 Å². The monoisotopic (exact) mass is 430 g/mol. The molecule has 4 nitrogen and oxygen atoms in total. The molecule has 31 heavy (non-hydrogen) atoms. The zero-order valence-electron chi connectivity index (χ0n) is 17.8. The van der Waals surface area contributed by atoms with Gasteiger partial charge < -0.3 is 9.30 Å². The molecule has 1 amide bonds. The summed E-state index contributed by atoms with van der Waals surface area (Å²) < 4.78 is 8.84. The lowest BCUT2D eigenvalue weighted by Gasteiger charge is -2.14. The molecule has 0 radical (unpaired) electrons. The molecule has 0 aliphatic rings. The van der Waals surface area contributed by atoms with E-state index < -0.39 is 5.92 Å². The Morgan fingerprint density at radius 1 is 0.968 bits per heavy atom. The van der Waals surface area contributed by atoms with Gasteiger partial charge >= 0.3 is 0 Å². The Morgan fingerprint density at radius 2 is 1.61 bits per heavy atom. The lowest BCUT2D eigenvalue weighted by Crippen LogP contribution is -2.22. The lowest BCUT2D eigenvalue weighted by molar-refractivity contribution is -0.118. The van der Waals surface area contributed by atoms with Crippen LogP contribution in [0, 0.1) is 6.92 Å². The van der Waals surface area contributed by atoms with Crippen molar-refractivity contribution in [1.82, 2.24) is 4.57 Å². The summed E-state index contributed by atoms with van der Waals surface area (Å²) in [6, 6.07) is 25.9. The van der Waals surface area contributed by atoms with E-state index in [9.17, 15) is 4.79 Å². The van der Waals surface area contributed by atoms with Crippen molar-refractivity contribution in [2.24, 2.45) is 4.99 Å². The van der Waals surface area contributed by atoms with Gasteiger partial charge in [0.25, 0.3) is 5.91 Å². The van der Waals surface area contributed by atoms with Crippen LogP contribution in [0.3, 0.4) is 0 Å². The largest absolute Gasteiger partial charge is 0.380 e. The van der Waals surface area contributed by atoms with E-state index in [-0.39, 0.29) is 5.91 Å². The van der Waals surface area contributed by atoms with Gasteiger partial charge in [-0.1, -0.05) is 84.1 Å². The van der Waals surface area contributed by atoms with E-state index in [4.69, 9.17) is 4.74 Å². The van der Waals surface area contributed by atoms with Crippen LogP contribution in [-0.2, 0) is 16.1 Å². The number of amides is 1. The Balaban J connectivity index is 1.83. The maximum absolute atomic E-state index is 13.6. The number of hydrogen-bond donors (Lipinski definition) is 0. The molecule has 0 aliphatic heterocycles. The fourth-order valence-electron chi connectivity index (χ4n) is 3.83. The highest BCUT2D eigenvalue weighted by Crippen LogP contribution is 2.26. The van der Waals surface area contributed by atoms with Crippen LogP contribution in [0.2, 0.25) is 0 Å². The number of hydrogen-bond acceptors (Lipinski definition) is 3.